The predicted octanol–water partition coefficient (Wildman–Crippen LogP) is 2.22. The molecule has 0 atom stereocenters. The molecule has 3 N–H and O–H groups in total. The van der Waals surface area contributed by atoms with Crippen molar-refractivity contribution in [2.45, 2.75) is 0 Å². The number of hydrogen-bond donors (Lipinski definition) is 2. The van der Waals surface area contributed by atoms with E-state index in [2.05, 4.69) is 4.98 Å². The van der Waals surface area contributed by atoms with Gasteiger partial charge in [-0.05, 0) is 17.7 Å². The van der Waals surface area contributed by atoms with Crippen LogP contribution in [0, 0.1) is 0 Å². The number of aromatic amines is 1. The van der Waals surface area contributed by atoms with E-state index in [1.165, 1.54) is 18.4 Å². The van der Waals surface area contributed by atoms with Gasteiger partial charge in [-0.15, -0.1) is 11.3 Å². The summed E-state index contributed by atoms with van der Waals surface area (Å²) in [5, 5.41) is 2.16. The molecule has 6 nitrogen and oxygen atoms in total. The Morgan fingerprint density at radius 2 is 2.25 bits per heavy atom. The van der Waals surface area contributed by atoms with Crippen LogP contribution < -0.4 is 11.5 Å². The fourth-order valence-corrected chi connectivity index (χ4v) is 2.82. The smallest absolute Gasteiger partial charge is 0.417 e. The summed E-state index contributed by atoms with van der Waals surface area (Å²) in [5.74, 6) is -1.01. The van der Waals surface area contributed by atoms with Gasteiger partial charge < -0.3 is 14.9 Å². The summed E-state index contributed by atoms with van der Waals surface area (Å²) in [4.78, 5) is 25.5. The first-order valence-electron chi connectivity index (χ1n) is 5.68. The second-order valence-corrected chi connectivity index (χ2v) is 5.02. The average Bonchev–Trinajstić information content (AvgIpc) is 2.98. The minimum absolute atomic E-state index is 0.328. The van der Waals surface area contributed by atoms with Crippen molar-refractivity contribution in [2.24, 2.45) is 0 Å². The number of anilines is 1. The molecule has 7 heteroatoms. The standard InChI is InChI=1S/C13H10N2O4S/c1-18-12(16)10-7(5-20-11(10)14)6-2-3-8-9(4-6)19-13(17)15-8/h2-5H,14H2,1H3,(H,15,17). The molecule has 0 spiro atoms. The van der Waals surface area contributed by atoms with E-state index >= 15 is 0 Å². The van der Waals surface area contributed by atoms with Crippen LogP contribution in [-0.4, -0.2) is 18.1 Å². The first-order chi connectivity index (χ1) is 9.60. The number of ether oxygens (including phenoxy) is 1. The summed E-state index contributed by atoms with van der Waals surface area (Å²) >= 11 is 1.26. The molecule has 0 aliphatic carbocycles. The van der Waals surface area contributed by atoms with Crippen LogP contribution in [-0.2, 0) is 4.74 Å². The SMILES string of the molecule is COC(=O)c1c(-c2ccc3[nH]c(=O)oc3c2)csc1N. The van der Waals surface area contributed by atoms with Crippen LogP contribution >= 0.6 is 11.3 Å². The van der Waals surface area contributed by atoms with E-state index in [0.717, 1.165) is 5.56 Å². The molecule has 0 bridgehead atoms. The molecular formula is C13H10N2O4S. The zero-order valence-electron chi connectivity index (χ0n) is 10.4. The third kappa shape index (κ3) is 1.88. The second-order valence-electron chi connectivity index (χ2n) is 4.11. The number of nitrogen functional groups attached to an aromatic ring is 1. The lowest BCUT2D eigenvalue weighted by Gasteiger charge is -2.03. The van der Waals surface area contributed by atoms with Gasteiger partial charge in [0.15, 0.2) is 5.58 Å². The summed E-state index contributed by atoms with van der Waals surface area (Å²) in [7, 11) is 1.30. The lowest BCUT2D eigenvalue weighted by atomic mass is 10.0. The highest BCUT2D eigenvalue weighted by Gasteiger charge is 2.19. The summed E-state index contributed by atoms with van der Waals surface area (Å²) in [5.41, 5.74) is 8.55. The Morgan fingerprint density at radius 3 is 3.00 bits per heavy atom. The van der Waals surface area contributed by atoms with Gasteiger partial charge in [-0.25, -0.2) is 9.59 Å². The number of hydrogen-bond acceptors (Lipinski definition) is 6. The van der Waals surface area contributed by atoms with Crippen molar-refractivity contribution in [1.82, 2.24) is 4.98 Å². The summed E-state index contributed by atoms with van der Waals surface area (Å²) < 4.78 is 9.75. The van der Waals surface area contributed by atoms with Gasteiger partial charge >= 0.3 is 11.7 Å². The maximum Gasteiger partial charge on any atom is 0.417 e. The Balaban J connectivity index is 2.20. The lowest BCUT2D eigenvalue weighted by molar-refractivity contribution is 0.0603. The van der Waals surface area contributed by atoms with Gasteiger partial charge in [0.1, 0.15) is 10.6 Å². The highest BCUT2D eigenvalue weighted by molar-refractivity contribution is 7.14. The number of carbonyl (C=O) groups is 1. The molecule has 2 heterocycles. The van der Waals surface area contributed by atoms with Crippen molar-refractivity contribution in [2.75, 3.05) is 12.8 Å². The fourth-order valence-electron chi connectivity index (χ4n) is 2.01. The number of aromatic nitrogens is 1. The predicted molar refractivity (Wildman–Crippen MR) is 75.9 cm³/mol. The first kappa shape index (κ1) is 12.5. The van der Waals surface area contributed by atoms with E-state index in [-0.39, 0.29) is 0 Å². The Hall–Kier alpha value is -2.54. The number of H-pyrrole nitrogens is 1. The van der Waals surface area contributed by atoms with Gasteiger partial charge in [-0.3, -0.25) is 4.98 Å². The van der Waals surface area contributed by atoms with Crippen molar-refractivity contribution in [3.05, 3.63) is 39.7 Å². The van der Waals surface area contributed by atoms with Crippen LogP contribution in [0.15, 0.2) is 32.8 Å². The Kier molecular flexibility index (Phi) is 2.83. The Bertz CT molecular complexity index is 859. The van der Waals surface area contributed by atoms with Crippen LogP contribution in [0.25, 0.3) is 22.2 Å². The van der Waals surface area contributed by atoms with E-state index < -0.39 is 11.7 Å². The van der Waals surface area contributed by atoms with Crippen molar-refractivity contribution in [3.8, 4) is 11.1 Å². The van der Waals surface area contributed by atoms with Gasteiger partial charge in [-0.2, -0.15) is 0 Å². The molecule has 0 radical (unpaired) electrons. The first-order valence-corrected chi connectivity index (χ1v) is 6.56. The van der Waals surface area contributed by atoms with E-state index in [9.17, 15) is 9.59 Å². The number of rotatable bonds is 2. The van der Waals surface area contributed by atoms with E-state index in [4.69, 9.17) is 14.9 Å². The maximum absolute atomic E-state index is 11.8. The molecule has 3 rings (SSSR count). The monoisotopic (exact) mass is 290 g/mol. The molecule has 0 unspecified atom stereocenters. The molecule has 0 aliphatic rings. The highest BCUT2D eigenvalue weighted by Crippen LogP contribution is 2.35. The number of carbonyl (C=O) groups excluding carboxylic acids is 1. The average molecular weight is 290 g/mol. The molecule has 0 saturated heterocycles. The van der Waals surface area contributed by atoms with Crippen LogP contribution in [0.3, 0.4) is 0 Å². The number of nitrogens with two attached hydrogens (primary N) is 1. The molecule has 0 fully saturated rings. The summed E-state index contributed by atoms with van der Waals surface area (Å²) in [6, 6.07) is 5.17. The maximum atomic E-state index is 11.8. The van der Waals surface area contributed by atoms with Crippen LogP contribution in [0.4, 0.5) is 5.00 Å². The minimum atomic E-state index is -0.518. The number of benzene rings is 1. The van der Waals surface area contributed by atoms with Gasteiger partial charge in [0.2, 0.25) is 0 Å². The number of thiophene rings is 1. The van der Waals surface area contributed by atoms with Crippen LogP contribution in [0.1, 0.15) is 10.4 Å². The summed E-state index contributed by atoms with van der Waals surface area (Å²) in [6.07, 6.45) is 0. The highest BCUT2D eigenvalue weighted by atomic mass is 32.1. The molecule has 20 heavy (non-hydrogen) atoms. The molecule has 0 saturated carbocycles. The van der Waals surface area contributed by atoms with Crippen LogP contribution in [0.5, 0.6) is 0 Å². The third-order valence-corrected chi connectivity index (χ3v) is 3.75. The zero-order valence-corrected chi connectivity index (χ0v) is 11.2. The van der Waals surface area contributed by atoms with Crippen molar-refractivity contribution in [3.63, 3.8) is 0 Å². The van der Waals surface area contributed by atoms with Crippen molar-refractivity contribution >= 4 is 33.4 Å². The van der Waals surface area contributed by atoms with Gasteiger partial charge in [0, 0.05) is 10.9 Å². The van der Waals surface area contributed by atoms with E-state index in [0.29, 0.717) is 27.2 Å². The number of nitrogens with one attached hydrogen (secondary N) is 1. The fraction of sp³-hybridized carbons (Fsp3) is 0.0769. The summed E-state index contributed by atoms with van der Waals surface area (Å²) in [6.45, 7) is 0. The Morgan fingerprint density at radius 1 is 1.45 bits per heavy atom. The topological polar surface area (TPSA) is 98.3 Å². The van der Waals surface area contributed by atoms with Gasteiger partial charge in [0.25, 0.3) is 0 Å². The normalized spacial score (nSPS) is 10.8. The van der Waals surface area contributed by atoms with Crippen molar-refractivity contribution in [1.29, 1.82) is 0 Å². The molecule has 1 aromatic carbocycles. The molecule has 0 aliphatic heterocycles. The number of methoxy groups -OCH3 is 1. The number of oxazole rings is 1. The molecule has 0 amide bonds. The third-order valence-electron chi connectivity index (χ3n) is 2.94. The minimum Gasteiger partial charge on any atom is -0.465 e. The van der Waals surface area contributed by atoms with Crippen LogP contribution in [0.2, 0.25) is 0 Å². The largest absolute Gasteiger partial charge is 0.465 e. The molecular weight excluding hydrogens is 280 g/mol. The molecule has 102 valence electrons. The number of esters is 1. The zero-order chi connectivity index (χ0) is 14.3. The van der Waals surface area contributed by atoms with Gasteiger partial charge in [-0.1, -0.05) is 6.07 Å². The van der Waals surface area contributed by atoms with Crippen molar-refractivity contribution < 1.29 is 13.9 Å². The Labute approximate surface area is 116 Å². The number of fused-ring (bicyclic) bond motifs is 1. The molecule has 3 aromatic rings. The molecule has 2 aromatic heterocycles. The second kappa shape index (κ2) is 4.53. The van der Waals surface area contributed by atoms with E-state index in [1.54, 1.807) is 23.6 Å². The lowest BCUT2D eigenvalue weighted by Crippen LogP contribution is -2.04. The quantitative estimate of drug-likeness (QED) is 0.705. The van der Waals surface area contributed by atoms with E-state index in [1.807, 2.05) is 0 Å². The van der Waals surface area contributed by atoms with Gasteiger partial charge in [0.05, 0.1) is 12.6 Å².